The number of aliphatic hydroxyl groups excluding tert-OH is 1. The van der Waals surface area contributed by atoms with Crippen LogP contribution in [0.25, 0.3) is 0 Å². The maximum Gasteiger partial charge on any atom is 0.138 e. The van der Waals surface area contributed by atoms with Gasteiger partial charge in [-0.1, -0.05) is 11.6 Å². The van der Waals surface area contributed by atoms with Crippen molar-refractivity contribution in [3.63, 3.8) is 0 Å². The smallest absolute Gasteiger partial charge is 0.138 e. The van der Waals surface area contributed by atoms with Crippen molar-refractivity contribution in [3.05, 3.63) is 23.2 Å². The Morgan fingerprint density at radius 3 is 2.73 bits per heavy atom. The van der Waals surface area contributed by atoms with Crippen LogP contribution in [0.1, 0.15) is 6.92 Å². The zero-order valence-electron chi connectivity index (χ0n) is 9.03. The van der Waals surface area contributed by atoms with Crippen LogP contribution in [0.15, 0.2) is 18.2 Å². The summed E-state index contributed by atoms with van der Waals surface area (Å²) in [5, 5.41) is 9.40. The lowest BCUT2D eigenvalue weighted by Gasteiger charge is -2.18. The van der Waals surface area contributed by atoms with Crippen LogP contribution < -0.4 is 9.64 Å². The fourth-order valence-electron chi connectivity index (χ4n) is 1.28. The highest BCUT2D eigenvalue weighted by molar-refractivity contribution is 6.32. The lowest BCUT2D eigenvalue weighted by atomic mass is 10.3. The van der Waals surface area contributed by atoms with Crippen LogP contribution in [0.2, 0.25) is 5.02 Å². The molecule has 0 saturated heterocycles. The summed E-state index contributed by atoms with van der Waals surface area (Å²) in [5.41, 5.74) is 0.970. The van der Waals surface area contributed by atoms with Gasteiger partial charge in [-0.2, -0.15) is 0 Å². The quantitative estimate of drug-likeness (QED) is 0.840. The van der Waals surface area contributed by atoms with E-state index in [9.17, 15) is 0 Å². The zero-order chi connectivity index (χ0) is 11.3. The molecule has 0 aliphatic heterocycles. The van der Waals surface area contributed by atoms with Crippen molar-refractivity contribution in [3.8, 4) is 5.75 Å². The molecule has 0 aliphatic carbocycles. The van der Waals surface area contributed by atoms with Crippen LogP contribution in [0.5, 0.6) is 5.75 Å². The number of nitrogens with zero attached hydrogens (tertiary/aromatic N) is 1. The minimum Gasteiger partial charge on any atom is -0.492 e. The highest BCUT2D eigenvalue weighted by Gasteiger charge is 2.05. The molecule has 3 nitrogen and oxygen atoms in total. The van der Waals surface area contributed by atoms with E-state index in [1.165, 1.54) is 0 Å². The molecule has 0 bridgehead atoms. The molecule has 1 rings (SSSR count). The molecule has 0 saturated carbocycles. The Kier molecular flexibility index (Phi) is 4.72. The summed E-state index contributed by atoms with van der Waals surface area (Å²) in [5.74, 6) is 0.695. The predicted molar refractivity (Wildman–Crippen MR) is 63.0 cm³/mol. The van der Waals surface area contributed by atoms with E-state index in [0.29, 0.717) is 23.9 Å². The van der Waals surface area contributed by atoms with Crippen LogP contribution in [0.4, 0.5) is 5.69 Å². The van der Waals surface area contributed by atoms with E-state index in [2.05, 4.69) is 0 Å². The first-order valence-corrected chi connectivity index (χ1v) is 5.31. The zero-order valence-corrected chi connectivity index (χ0v) is 9.79. The van der Waals surface area contributed by atoms with Gasteiger partial charge in [0.1, 0.15) is 5.75 Å². The van der Waals surface area contributed by atoms with Gasteiger partial charge in [0.15, 0.2) is 0 Å². The number of anilines is 1. The molecule has 84 valence electrons. The van der Waals surface area contributed by atoms with Gasteiger partial charge in [-0.3, -0.25) is 0 Å². The number of benzene rings is 1. The molecular formula is C11H16ClNO2. The minimum atomic E-state index is 0.126. The van der Waals surface area contributed by atoms with Crippen LogP contribution in [-0.4, -0.2) is 31.9 Å². The van der Waals surface area contributed by atoms with E-state index in [1.54, 1.807) is 0 Å². The average molecular weight is 230 g/mol. The molecule has 0 heterocycles. The van der Waals surface area contributed by atoms with Gasteiger partial charge in [0, 0.05) is 19.3 Å². The first-order chi connectivity index (χ1) is 7.19. The standard InChI is InChI=1S/C11H16ClNO2/c1-3-15-11-5-4-9(8-10(11)12)13(2)6-7-14/h4-5,8,14H,3,6-7H2,1-2H3. The third-order valence-electron chi connectivity index (χ3n) is 2.09. The van der Waals surface area contributed by atoms with Crippen molar-refractivity contribution in [2.45, 2.75) is 6.92 Å². The lowest BCUT2D eigenvalue weighted by Crippen LogP contribution is -2.20. The molecule has 0 aromatic heterocycles. The summed E-state index contributed by atoms with van der Waals surface area (Å²) in [6.07, 6.45) is 0. The highest BCUT2D eigenvalue weighted by Crippen LogP contribution is 2.28. The van der Waals surface area contributed by atoms with Crippen LogP contribution >= 0.6 is 11.6 Å². The van der Waals surface area contributed by atoms with Gasteiger partial charge < -0.3 is 14.7 Å². The van der Waals surface area contributed by atoms with E-state index >= 15 is 0 Å². The van der Waals surface area contributed by atoms with Gasteiger partial charge in [-0.15, -0.1) is 0 Å². The predicted octanol–water partition coefficient (Wildman–Crippen LogP) is 2.17. The fourth-order valence-corrected chi connectivity index (χ4v) is 1.51. The first kappa shape index (κ1) is 12.1. The summed E-state index contributed by atoms with van der Waals surface area (Å²) in [4.78, 5) is 1.93. The molecule has 0 aliphatic rings. The van der Waals surface area contributed by atoms with E-state index in [0.717, 1.165) is 5.69 Å². The van der Waals surface area contributed by atoms with Gasteiger partial charge in [-0.05, 0) is 25.1 Å². The summed E-state index contributed by atoms with van der Waals surface area (Å²) in [6.45, 7) is 3.24. The SMILES string of the molecule is CCOc1ccc(N(C)CCO)cc1Cl. The van der Waals surface area contributed by atoms with Gasteiger partial charge in [0.25, 0.3) is 0 Å². The maximum atomic E-state index is 8.81. The van der Waals surface area contributed by atoms with Crippen molar-refractivity contribution in [1.82, 2.24) is 0 Å². The third-order valence-corrected chi connectivity index (χ3v) is 2.39. The molecular weight excluding hydrogens is 214 g/mol. The van der Waals surface area contributed by atoms with Crippen LogP contribution in [-0.2, 0) is 0 Å². The van der Waals surface area contributed by atoms with E-state index in [1.807, 2.05) is 37.1 Å². The Labute approximate surface area is 95.2 Å². The van der Waals surface area contributed by atoms with Crippen molar-refractivity contribution in [2.24, 2.45) is 0 Å². The van der Waals surface area contributed by atoms with E-state index < -0.39 is 0 Å². The Bertz CT molecular complexity index is 317. The lowest BCUT2D eigenvalue weighted by molar-refractivity contribution is 0.304. The fraction of sp³-hybridized carbons (Fsp3) is 0.455. The second-order valence-electron chi connectivity index (χ2n) is 3.19. The largest absolute Gasteiger partial charge is 0.492 e. The first-order valence-electron chi connectivity index (χ1n) is 4.93. The number of aliphatic hydroxyl groups is 1. The number of hydrogen-bond donors (Lipinski definition) is 1. The molecule has 4 heteroatoms. The van der Waals surface area contributed by atoms with Crippen molar-refractivity contribution in [2.75, 3.05) is 31.7 Å². The Balaban J connectivity index is 2.81. The second-order valence-corrected chi connectivity index (χ2v) is 3.60. The topological polar surface area (TPSA) is 32.7 Å². The van der Waals surface area contributed by atoms with E-state index in [-0.39, 0.29) is 6.61 Å². The summed E-state index contributed by atoms with van der Waals surface area (Å²) >= 11 is 6.04. The number of rotatable bonds is 5. The number of ether oxygens (including phenoxy) is 1. The number of likely N-dealkylation sites (N-methyl/N-ethyl adjacent to an activating group) is 1. The highest BCUT2D eigenvalue weighted by atomic mass is 35.5. The molecule has 0 amide bonds. The molecule has 0 spiro atoms. The normalized spacial score (nSPS) is 10.1. The number of halogens is 1. The summed E-state index contributed by atoms with van der Waals surface area (Å²) in [6, 6.07) is 5.60. The molecule has 0 atom stereocenters. The van der Waals surface area contributed by atoms with Crippen molar-refractivity contribution in [1.29, 1.82) is 0 Å². The van der Waals surface area contributed by atoms with Crippen LogP contribution in [0.3, 0.4) is 0 Å². The van der Waals surface area contributed by atoms with Gasteiger partial charge >= 0.3 is 0 Å². The van der Waals surface area contributed by atoms with Crippen molar-refractivity contribution >= 4 is 17.3 Å². The average Bonchev–Trinajstić information content (AvgIpc) is 2.21. The molecule has 0 unspecified atom stereocenters. The van der Waals surface area contributed by atoms with Gasteiger partial charge in [0.2, 0.25) is 0 Å². The van der Waals surface area contributed by atoms with Crippen LogP contribution in [0, 0.1) is 0 Å². The molecule has 1 aromatic rings. The van der Waals surface area contributed by atoms with E-state index in [4.69, 9.17) is 21.4 Å². The van der Waals surface area contributed by atoms with Crippen molar-refractivity contribution < 1.29 is 9.84 Å². The molecule has 1 N–H and O–H groups in total. The Morgan fingerprint density at radius 1 is 1.47 bits per heavy atom. The molecule has 0 radical (unpaired) electrons. The number of hydrogen-bond acceptors (Lipinski definition) is 3. The molecule has 1 aromatic carbocycles. The Hall–Kier alpha value is -0.930. The van der Waals surface area contributed by atoms with Gasteiger partial charge in [-0.25, -0.2) is 0 Å². The van der Waals surface area contributed by atoms with Gasteiger partial charge in [0.05, 0.1) is 18.2 Å². The third kappa shape index (κ3) is 3.29. The second kappa shape index (κ2) is 5.83. The molecule has 0 fully saturated rings. The monoisotopic (exact) mass is 229 g/mol. The minimum absolute atomic E-state index is 0.126. The summed E-state index contributed by atoms with van der Waals surface area (Å²) < 4.78 is 5.33. The molecule has 15 heavy (non-hydrogen) atoms. The summed E-state index contributed by atoms with van der Waals surface area (Å²) in [7, 11) is 1.90. The maximum absolute atomic E-state index is 8.81. The Morgan fingerprint density at radius 2 is 2.20 bits per heavy atom.